The Hall–Kier alpha value is -1.83. The molecule has 0 fully saturated rings. The Morgan fingerprint density at radius 1 is 1.06 bits per heavy atom. The van der Waals surface area contributed by atoms with Gasteiger partial charge in [0.05, 0.1) is 5.56 Å². The van der Waals surface area contributed by atoms with E-state index >= 15 is 0 Å². The van der Waals surface area contributed by atoms with Crippen LogP contribution in [0.5, 0.6) is 0 Å². The fourth-order valence-electron chi connectivity index (χ4n) is 2.78. The Balaban J connectivity index is 2.31. The highest BCUT2D eigenvalue weighted by molar-refractivity contribution is 5.94. The molecule has 86 valence electrons. The van der Waals surface area contributed by atoms with Gasteiger partial charge in [-0.15, -0.1) is 0 Å². The van der Waals surface area contributed by atoms with Crippen molar-refractivity contribution in [2.75, 3.05) is 0 Å². The highest BCUT2D eigenvalue weighted by Gasteiger charge is 2.21. The van der Waals surface area contributed by atoms with Crippen LogP contribution in [0.25, 0.3) is 12.2 Å². The number of rotatable bonds is 1. The molecular weight excluding hydrogens is 212 g/mol. The molecule has 0 atom stereocenters. The van der Waals surface area contributed by atoms with Crippen LogP contribution in [-0.2, 0) is 12.8 Å². The zero-order valence-corrected chi connectivity index (χ0v) is 9.57. The molecule has 0 heterocycles. The summed E-state index contributed by atoms with van der Waals surface area (Å²) < 4.78 is 0. The molecule has 3 rings (SSSR count). The summed E-state index contributed by atoms with van der Waals surface area (Å²) in [4.78, 5) is 11.3. The molecule has 0 unspecified atom stereocenters. The summed E-state index contributed by atoms with van der Waals surface area (Å²) in [6, 6.07) is 1.82. The fourth-order valence-corrected chi connectivity index (χ4v) is 2.78. The topological polar surface area (TPSA) is 37.3 Å². The highest BCUT2D eigenvalue weighted by atomic mass is 16.4. The molecule has 0 saturated carbocycles. The summed E-state index contributed by atoms with van der Waals surface area (Å²) >= 11 is 0. The molecule has 0 aromatic heterocycles. The third kappa shape index (κ3) is 1.60. The number of carbonyl (C=O) groups is 1. The van der Waals surface area contributed by atoms with E-state index in [1.54, 1.807) is 0 Å². The van der Waals surface area contributed by atoms with E-state index in [1.165, 1.54) is 11.1 Å². The van der Waals surface area contributed by atoms with Crippen molar-refractivity contribution >= 4 is 18.1 Å². The van der Waals surface area contributed by atoms with Gasteiger partial charge in [-0.25, -0.2) is 4.79 Å². The molecule has 2 nitrogen and oxygen atoms in total. The van der Waals surface area contributed by atoms with Gasteiger partial charge in [0.2, 0.25) is 0 Å². The van der Waals surface area contributed by atoms with E-state index in [2.05, 4.69) is 18.2 Å². The first-order chi connectivity index (χ1) is 8.27. The number of hydrogen-bond donors (Lipinski definition) is 1. The van der Waals surface area contributed by atoms with E-state index in [9.17, 15) is 9.90 Å². The lowest BCUT2D eigenvalue weighted by atomic mass is 9.83. The van der Waals surface area contributed by atoms with Crippen LogP contribution in [0.4, 0.5) is 0 Å². The SMILES string of the molecule is O=C(O)c1cc2c(c3c1C=CCC3)CCC=C2. The van der Waals surface area contributed by atoms with Gasteiger partial charge < -0.3 is 5.11 Å². The number of hydrogen-bond acceptors (Lipinski definition) is 1. The zero-order valence-electron chi connectivity index (χ0n) is 9.57. The van der Waals surface area contributed by atoms with Gasteiger partial charge >= 0.3 is 5.97 Å². The average molecular weight is 226 g/mol. The first-order valence-electron chi connectivity index (χ1n) is 6.02. The monoisotopic (exact) mass is 226 g/mol. The molecule has 1 N–H and O–H groups in total. The Morgan fingerprint density at radius 3 is 2.53 bits per heavy atom. The highest BCUT2D eigenvalue weighted by Crippen LogP contribution is 2.32. The number of carboxylic acids is 1. The first-order valence-corrected chi connectivity index (χ1v) is 6.02. The molecule has 2 heteroatoms. The van der Waals surface area contributed by atoms with Gasteiger partial charge in [0.25, 0.3) is 0 Å². The molecular formula is C15H14O2. The van der Waals surface area contributed by atoms with Gasteiger partial charge in [-0.05, 0) is 54.0 Å². The number of benzene rings is 1. The summed E-state index contributed by atoms with van der Waals surface area (Å²) in [6.07, 6.45) is 12.3. The van der Waals surface area contributed by atoms with Gasteiger partial charge in [-0.2, -0.15) is 0 Å². The summed E-state index contributed by atoms with van der Waals surface area (Å²) in [5, 5.41) is 9.28. The third-order valence-corrected chi connectivity index (χ3v) is 3.56. The van der Waals surface area contributed by atoms with E-state index in [1.807, 2.05) is 12.1 Å². The van der Waals surface area contributed by atoms with Gasteiger partial charge in [0.15, 0.2) is 0 Å². The molecule has 1 aromatic rings. The fraction of sp³-hybridized carbons (Fsp3) is 0.267. The molecule has 0 amide bonds. The Labute approximate surface area is 100 Å². The molecule has 0 aliphatic heterocycles. The van der Waals surface area contributed by atoms with Crippen molar-refractivity contribution in [3.8, 4) is 0 Å². The van der Waals surface area contributed by atoms with Crippen LogP contribution in [-0.4, -0.2) is 11.1 Å². The van der Waals surface area contributed by atoms with Gasteiger partial charge in [0, 0.05) is 0 Å². The molecule has 1 aromatic carbocycles. The Kier molecular flexibility index (Phi) is 2.36. The van der Waals surface area contributed by atoms with Crippen molar-refractivity contribution in [2.45, 2.75) is 25.7 Å². The third-order valence-electron chi connectivity index (χ3n) is 3.56. The van der Waals surface area contributed by atoms with Gasteiger partial charge in [-0.3, -0.25) is 0 Å². The van der Waals surface area contributed by atoms with Crippen LogP contribution >= 0.6 is 0 Å². The minimum Gasteiger partial charge on any atom is -0.478 e. The molecule has 17 heavy (non-hydrogen) atoms. The van der Waals surface area contributed by atoms with Crippen molar-refractivity contribution in [3.05, 3.63) is 46.0 Å². The summed E-state index contributed by atoms with van der Waals surface area (Å²) in [5.74, 6) is -0.824. The molecule has 0 saturated heterocycles. The molecule has 2 aliphatic rings. The van der Waals surface area contributed by atoms with Crippen LogP contribution in [0.2, 0.25) is 0 Å². The lowest BCUT2D eigenvalue weighted by Gasteiger charge is -2.22. The van der Waals surface area contributed by atoms with Crippen LogP contribution < -0.4 is 0 Å². The van der Waals surface area contributed by atoms with Gasteiger partial charge in [-0.1, -0.05) is 24.3 Å². The average Bonchev–Trinajstić information content (AvgIpc) is 2.37. The minimum atomic E-state index is -0.824. The maximum absolute atomic E-state index is 11.3. The standard InChI is InChI=1S/C15H14O2/c16-15(17)14-9-10-5-1-2-6-11(10)12-7-3-4-8-13(12)14/h1,4-5,8-9H,2-3,6-7H2,(H,16,17). The van der Waals surface area contributed by atoms with Crippen molar-refractivity contribution < 1.29 is 9.90 Å². The molecule has 0 spiro atoms. The van der Waals surface area contributed by atoms with E-state index in [4.69, 9.17) is 0 Å². The minimum absolute atomic E-state index is 0.446. The smallest absolute Gasteiger partial charge is 0.336 e. The lowest BCUT2D eigenvalue weighted by Crippen LogP contribution is -2.11. The number of fused-ring (bicyclic) bond motifs is 3. The quantitative estimate of drug-likeness (QED) is 0.797. The summed E-state index contributed by atoms with van der Waals surface area (Å²) in [7, 11) is 0. The van der Waals surface area contributed by atoms with Crippen LogP contribution in [0.3, 0.4) is 0 Å². The molecule has 2 aliphatic carbocycles. The van der Waals surface area contributed by atoms with E-state index in [0.29, 0.717) is 5.56 Å². The predicted molar refractivity (Wildman–Crippen MR) is 68.1 cm³/mol. The zero-order chi connectivity index (χ0) is 11.8. The second kappa shape index (κ2) is 3.88. The predicted octanol–water partition coefficient (Wildman–Crippen LogP) is 3.30. The maximum atomic E-state index is 11.3. The van der Waals surface area contributed by atoms with Crippen molar-refractivity contribution in [2.24, 2.45) is 0 Å². The van der Waals surface area contributed by atoms with Crippen LogP contribution in [0, 0.1) is 0 Å². The number of carboxylic acid groups (broad SMARTS) is 1. The lowest BCUT2D eigenvalue weighted by molar-refractivity contribution is 0.0696. The van der Waals surface area contributed by atoms with Crippen molar-refractivity contribution in [1.29, 1.82) is 0 Å². The van der Waals surface area contributed by atoms with E-state index < -0.39 is 5.97 Å². The summed E-state index contributed by atoms with van der Waals surface area (Å²) in [5.41, 5.74) is 5.09. The van der Waals surface area contributed by atoms with Crippen LogP contribution in [0.15, 0.2) is 18.2 Å². The second-order valence-corrected chi connectivity index (χ2v) is 4.57. The second-order valence-electron chi connectivity index (χ2n) is 4.57. The molecule has 0 radical (unpaired) electrons. The summed E-state index contributed by atoms with van der Waals surface area (Å²) in [6.45, 7) is 0. The van der Waals surface area contributed by atoms with Crippen molar-refractivity contribution in [1.82, 2.24) is 0 Å². The number of aromatic carboxylic acids is 1. The normalized spacial score (nSPS) is 16.5. The van der Waals surface area contributed by atoms with Gasteiger partial charge in [0.1, 0.15) is 0 Å². The van der Waals surface area contributed by atoms with E-state index in [-0.39, 0.29) is 0 Å². The number of allylic oxidation sites excluding steroid dienone is 2. The maximum Gasteiger partial charge on any atom is 0.336 e. The largest absolute Gasteiger partial charge is 0.478 e. The molecule has 0 bridgehead atoms. The Morgan fingerprint density at radius 2 is 1.76 bits per heavy atom. The van der Waals surface area contributed by atoms with Crippen LogP contribution in [0.1, 0.15) is 45.5 Å². The van der Waals surface area contributed by atoms with E-state index in [0.717, 1.165) is 36.8 Å². The first kappa shape index (κ1) is 10.3. The Bertz CT molecular complexity index is 551. The van der Waals surface area contributed by atoms with Crippen molar-refractivity contribution in [3.63, 3.8) is 0 Å².